The van der Waals surface area contributed by atoms with Crippen molar-refractivity contribution in [2.45, 2.75) is 20.4 Å². The summed E-state index contributed by atoms with van der Waals surface area (Å²) in [6, 6.07) is 8.66. The molecule has 0 bridgehead atoms. The van der Waals surface area contributed by atoms with E-state index in [2.05, 4.69) is 51.3 Å². The monoisotopic (exact) mass is 415 g/mol. The minimum absolute atomic E-state index is 0.0883. The zero-order valence-corrected chi connectivity index (χ0v) is 18.4. The van der Waals surface area contributed by atoms with Crippen LogP contribution >= 0.6 is 11.3 Å². The van der Waals surface area contributed by atoms with E-state index in [9.17, 15) is 9.59 Å². The number of nitrogens with one attached hydrogen (secondary N) is 1. The van der Waals surface area contributed by atoms with Gasteiger partial charge in [-0.25, -0.2) is 4.98 Å². The highest BCUT2D eigenvalue weighted by molar-refractivity contribution is 7.17. The van der Waals surface area contributed by atoms with Gasteiger partial charge in [-0.2, -0.15) is 0 Å². The molecule has 1 fully saturated rings. The zero-order chi connectivity index (χ0) is 21.0. The molecule has 7 nitrogen and oxygen atoms in total. The summed E-state index contributed by atoms with van der Waals surface area (Å²) in [4.78, 5) is 35.5. The van der Waals surface area contributed by atoms with E-state index in [4.69, 9.17) is 0 Å². The molecule has 1 aromatic heterocycles. The van der Waals surface area contributed by atoms with Crippen LogP contribution in [0.4, 0.5) is 5.13 Å². The summed E-state index contributed by atoms with van der Waals surface area (Å²) in [7, 11) is 3.41. The van der Waals surface area contributed by atoms with Gasteiger partial charge in [-0.3, -0.25) is 19.4 Å². The molecule has 1 aliphatic heterocycles. The van der Waals surface area contributed by atoms with Crippen molar-refractivity contribution in [2.24, 2.45) is 0 Å². The van der Waals surface area contributed by atoms with Crippen molar-refractivity contribution in [3.8, 4) is 0 Å². The van der Waals surface area contributed by atoms with Crippen LogP contribution < -0.4 is 5.32 Å². The lowest BCUT2D eigenvalue weighted by atomic mass is 10.1. The van der Waals surface area contributed by atoms with E-state index in [1.54, 1.807) is 21.0 Å². The fraction of sp³-hybridized carbons (Fsp3) is 0.476. The molecule has 1 N–H and O–H groups in total. The van der Waals surface area contributed by atoms with E-state index in [0.29, 0.717) is 22.2 Å². The standard InChI is InChI=1S/C21H29N5O2S/c1-15-5-7-17(8-6-15)13-25-9-11-26(12-10-25)14-18(27)23-21-22-16(2)19(29-21)20(28)24(3)4/h5-8H,9-14H2,1-4H3,(H,22,23,27). The molecular weight excluding hydrogens is 386 g/mol. The second-order valence-electron chi connectivity index (χ2n) is 7.72. The van der Waals surface area contributed by atoms with Crippen LogP contribution in [0.5, 0.6) is 0 Å². The Bertz CT molecular complexity index is 854. The topological polar surface area (TPSA) is 68.8 Å². The smallest absolute Gasteiger partial charge is 0.265 e. The molecule has 0 aliphatic carbocycles. The fourth-order valence-electron chi connectivity index (χ4n) is 3.27. The zero-order valence-electron chi connectivity index (χ0n) is 17.6. The third-order valence-electron chi connectivity index (χ3n) is 5.00. The summed E-state index contributed by atoms with van der Waals surface area (Å²) >= 11 is 1.23. The molecule has 0 unspecified atom stereocenters. The minimum Gasteiger partial charge on any atom is -0.344 e. The predicted molar refractivity (Wildman–Crippen MR) is 116 cm³/mol. The lowest BCUT2D eigenvalue weighted by molar-refractivity contribution is -0.117. The lowest BCUT2D eigenvalue weighted by Crippen LogP contribution is -2.48. The summed E-state index contributed by atoms with van der Waals surface area (Å²) in [5, 5.41) is 3.33. The molecule has 1 aromatic carbocycles. The number of thiazole rings is 1. The SMILES string of the molecule is Cc1ccc(CN2CCN(CC(=O)Nc3nc(C)c(C(=O)N(C)C)s3)CC2)cc1. The molecule has 2 aromatic rings. The summed E-state index contributed by atoms with van der Waals surface area (Å²) in [5.74, 6) is -0.181. The molecule has 0 radical (unpaired) electrons. The number of hydrogen-bond acceptors (Lipinski definition) is 6. The molecule has 2 amide bonds. The van der Waals surface area contributed by atoms with Crippen LogP contribution in [-0.2, 0) is 11.3 Å². The summed E-state index contributed by atoms with van der Waals surface area (Å²) in [6.07, 6.45) is 0. The second kappa shape index (κ2) is 9.47. The van der Waals surface area contributed by atoms with Crippen molar-refractivity contribution in [3.63, 3.8) is 0 Å². The quantitative estimate of drug-likeness (QED) is 0.784. The van der Waals surface area contributed by atoms with Crippen LogP contribution in [0, 0.1) is 13.8 Å². The molecule has 1 saturated heterocycles. The molecule has 1 aliphatic rings. The van der Waals surface area contributed by atoms with Crippen LogP contribution in [0.3, 0.4) is 0 Å². The van der Waals surface area contributed by atoms with Gasteiger partial charge in [0.15, 0.2) is 5.13 Å². The van der Waals surface area contributed by atoms with Crippen molar-refractivity contribution >= 4 is 28.3 Å². The number of rotatable bonds is 6. The first-order valence-electron chi connectivity index (χ1n) is 9.81. The first-order valence-corrected chi connectivity index (χ1v) is 10.6. The van der Waals surface area contributed by atoms with Gasteiger partial charge in [0, 0.05) is 46.8 Å². The lowest BCUT2D eigenvalue weighted by Gasteiger charge is -2.34. The second-order valence-corrected chi connectivity index (χ2v) is 8.72. The Morgan fingerprint density at radius 1 is 1.07 bits per heavy atom. The van der Waals surface area contributed by atoms with E-state index in [-0.39, 0.29) is 11.8 Å². The molecule has 0 saturated carbocycles. The van der Waals surface area contributed by atoms with E-state index < -0.39 is 0 Å². The maximum absolute atomic E-state index is 12.4. The number of anilines is 1. The van der Waals surface area contributed by atoms with E-state index in [1.165, 1.54) is 27.4 Å². The number of amides is 2. The fourth-order valence-corrected chi connectivity index (χ4v) is 4.27. The Balaban J connectivity index is 1.46. The number of aryl methyl sites for hydroxylation is 2. The third kappa shape index (κ3) is 5.85. The average Bonchev–Trinajstić information content (AvgIpc) is 3.04. The molecular formula is C21H29N5O2S. The number of aromatic nitrogens is 1. The minimum atomic E-state index is -0.0924. The predicted octanol–water partition coefficient (Wildman–Crippen LogP) is 2.22. The highest BCUT2D eigenvalue weighted by Gasteiger charge is 2.21. The largest absolute Gasteiger partial charge is 0.344 e. The van der Waals surface area contributed by atoms with Crippen LogP contribution in [0.25, 0.3) is 0 Å². The molecule has 2 heterocycles. The van der Waals surface area contributed by atoms with Crippen molar-refractivity contribution in [1.29, 1.82) is 0 Å². The highest BCUT2D eigenvalue weighted by atomic mass is 32.1. The highest BCUT2D eigenvalue weighted by Crippen LogP contribution is 2.23. The molecule has 0 atom stereocenters. The third-order valence-corrected chi connectivity index (χ3v) is 6.06. The first kappa shape index (κ1) is 21.4. The van der Waals surface area contributed by atoms with E-state index in [0.717, 1.165) is 32.7 Å². The van der Waals surface area contributed by atoms with Gasteiger partial charge in [0.05, 0.1) is 12.2 Å². The van der Waals surface area contributed by atoms with Crippen molar-refractivity contribution in [2.75, 3.05) is 52.1 Å². The Hall–Kier alpha value is -2.29. The normalized spacial score (nSPS) is 15.3. The van der Waals surface area contributed by atoms with Crippen LogP contribution in [0.1, 0.15) is 26.5 Å². The average molecular weight is 416 g/mol. The maximum atomic E-state index is 12.4. The Morgan fingerprint density at radius 2 is 1.69 bits per heavy atom. The number of piperazine rings is 1. The Labute approximate surface area is 176 Å². The summed E-state index contributed by atoms with van der Waals surface area (Å²) < 4.78 is 0. The van der Waals surface area contributed by atoms with Crippen LogP contribution in [-0.4, -0.2) is 78.3 Å². The van der Waals surface area contributed by atoms with E-state index in [1.807, 2.05) is 0 Å². The summed E-state index contributed by atoms with van der Waals surface area (Å²) in [6.45, 7) is 8.78. The molecule has 29 heavy (non-hydrogen) atoms. The van der Waals surface area contributed by atoms with Gasteiger partial charge in [0.25, 0.3) is 5.91 Å². The van der Waals surface area contributed by atoms with Gasteiger partial charge >= 0.3 is 0 Å². The van der Waals surface area contributed by atoms with Crippen LogP contribution in [0.2, 0.25) is 0 Å². The van der Waals surface area contributed by atoms with Gasteiger partial charge in [-0.05, 0) is 19.4 Å². The van der Waals surface area contributed by atoms with Crippen molar-refractivity contribution in [1.82, 2.24) is 19.7 Å². The van der Waals surface area contributed by atoms with Gasteiger partial charge in [0.1, 0.15) is 4.88 Å². The number of hydrogen-bond donors (Lipinski definition) is 1. The van der Waals surface area contributed by atoms with E-state index >= 15 is 0 Å². The molecule has 0 spiro atoms. The number of benzene rings is 1. The van der Waals surface area contributed by atoms with Crippen molar-refractivity contribution < 1.29 is 9.59 Å². The number of carbonyl (C=O) groups is 2. The summed E-state index contributed by atoms with van der Waals surface area (Å²) in [5.41, 5.74) is 3.25. The number of nitrogens with zero attached hydrogens (tertiary/aromatic N) is 4. The number of carbonyl (C=O) groups excluding carboxylic acids is 2. The maximum Gasteiger partial charge on any atom is 0.265 e. The van der Waals surface area contributed by atoms with Gasteiger partial charge in [0.2, 0.25) is 5.91 Å². The van der Waals surface area contributed by atoms with Crippen LogP contribution in [0.15, 0.2) is 24.3 Å². The molecule has 8 heteroatoms. The molecule has 156 valence electrons. The Morgan fingerprint density at radius 3 is 2.31 bits per heavy atom. The Kier molecular flexibility index (Phi) is 7.00. The van der Waals surface area contributed by atoms with Gasteiger partial charge in [-0.1, -0.05) is 41.2 Å². The van der Waals surface area contributed by atoms with Gasteiger partial charge in [-0.15, -0.1) is 0 Å². The van der Waals surface area contributed by atoms with Crippen molar-refractivity contribution in [3.05, 3.63) is 46.0 Å². The molecule has 3 rings (SSSR count). The first-order chi connectivity index (χ1) is 13.8. The van der Waals surface area contributed by atoms with Gasteiger partial charge < -0.3 is 10.2 Å².